The molecule has 1 aromatic rings. The molecule has 0 bridgehead atoms. The predicted octanol–water partition coefficient (Wildman–Crippen LogP) is 2.16. The highest BCUT2D eigenvalue weighted by Crippen LogP contribution is 2.39. The number of ether oxygens (including phenoxy) is 2. The third-order valence-corrected chi connectivity index (χ3v) is 2.85. The monoisotopic (exact) mass is 191 g/mol. The van der Waals surface area contributed by atoms with Gasteiger partial charge in [-0.25, -0.2) is 0 Å². The highest BCUT2D eigenvalue weighted by atomic mass is 16.7. The van der Waals surface area contributed by atoms with Gasteiger partial charge in [-0.05, 0) is 31.4 Å². The molecule has 0 amide bonds. The summed E-state index contributed by atoms with van der Waals surface area (Å²) >= 11 is 0. The highest BCUT2D eigenvalue weighted by molar-refractivity contribution is 5.62. The summed E-state index contributed by atoms with van der Waals surface area (Å²) in [5, 5.41) is 3.45. The second kappa shape index (κ2) is 2.80. The molecule has 0 saturated heterocycles. The minimum Gasteiger partial charge on any atom is -0.454 e. The van der Waals surface area contributed by atoms with Gasteiger partial charge in [0.2, 0.25) is 6.79 Å². The lowest BCUT2D eigenvalue weighted by Gasteiger charge is -2.24. The van der Waals surface area contributed by atoms with E-state index in [1.165, 1.54) is 17.7 Å². The first-order valence-corrected chi connectivity index (χ1v) is 5.02. The lowest BCUT2D eigenvalue weighted by molar-refractivity contribution is 0.174. The molecule has 3 heteroatoms. The fraction of sp³-hybridized carbons (Fsp3) is 0.455. The van der Waals surface area contributed by atoms with Gasteiger partial charge in [0.05, 0.1) is 0 Å². The van der Waals surface area contributed by atoms with Crippen molar-refractivity contribution in [3.8, 4) is 11.5 Å². The smallest absolute Gasteiger partial charge is 0.231 e. The van der Waals surface area contributed by atoms with Gasteiger partial charge in [0.1, 0.15) is 0 Å². The van der Waals surface area contributed by atoms with Gasteiger partial charge in [0.25, 0.3) is 0 Å². The number of anilines is 1. The first-order valence-electron chi connectivity index (χ1n) is 5.02. The van der Waals surface area contributed by atoms with E-state index in [2.05, 4.69) is 18.3 Å². The Morgan fingerprint density at radius 1 is 1.29 bits per heavy atom. The summed E-state index contributed by atoms with van der Waals surface area (Å²) in [6.45, 7) is 2.56. The molecule has 1 N–H and O–H groups in total. The van der Waals surface area contributed by atoms with E-state index in [9.17, 15) is 0 Å². The Hall–Kier alpha value is -1.38. The van der Waals surface area contributed by atoms with Crippen molar-refractivity contribution >= 4 is 5.69 Å². The molecule has 0 spiro atoms. The normalized spacial score (nSPS) is 22.8. The van der Waals surface area contributed by atoms with Crippen LogP contribution in [0.25, 0.3) is 0 Å². The minimum absolute atomic E-state index is 0.355. The average Bonchev–Trinajstić information content (AvgIpc) is 2.61. The van der Waals surface area contributed by atoms with Gasteiger partial charge in [-0.1, -0.05) is 0 Å². The SMILES string of the molecule is CC1CCc2cc3c(cc2N1)OCO3. The molecule has 14 heavy (non-hydrogen) atoms. The zero-order chi connectivity index (χ0) is 9.54. The molecule has 3 nitrogen and oxygen atoms in total. The summed E-state index contributed by atoms with van der Waals surface area (Å²) in [7, 11) is 0. The molecule has 0 radical (unpaired) electrons. The number of hydrogen-bond acceptors (Lipinski definition) is 3. The Balaban J connectivity index is 2.06. The van der Waals surface area contributed by atoms with Crippen LogP contribution in [0.5, 0.6) is 11.5 Å². The lowest BCUT2D eigenvalue weighted by Crippen LogP contribution is -2.21. The fourth-order valence-corrected chi connectivity index (χ4v) is 2.03. The number of nitrogens with one attached hydrogen (secondary N) is 1. The number of hydrogen-bond donors (Lipinski definition) is 1. The van der Waals surface area contributed by atoms with Crippen molar-refractivity contribution in [2.75, 3.05) is 12.1 Å². The van der Waals surface area contributed by atoms with Crippen LogP contribution in [0.2, 0.25) is 0 Å². The average molecular weight is 191 g/mol. The van der Waals surface area contributed by atoms with Crippen molar-refractivity contribution in [2.45, 2.75) is 25.8 Å². The predicted molar refractivity (Wildman–Crippen MR) is 54.0 cm³/mol. The second-order valence-corrected chi connectivity index (χ2v) is 3.95. The van der Waals surface area contributed by atoms with Crippen molar-refractivity contribution in [1.82, 2.24) is 0 Å². The highest BCUT2D eigenvalue weighted by Gasteiger charge is 2.20. The van der Waals surface area contributed by atoms with Crippen molar-refractivity contribution < 1.29 is 9.47 Å². The zero-order valence-corrected chi connectivity index (χ0v) is 8.17. The van der Waals surface area contributed by atoms with Gasteiger partial charge in [0.15, 0.2) is 11.5 Å². The van der Waals surface area contributed by atoms with E-state index >= 15 is 0 Å². The van der Waals surface area contributed by atoms with E-state index < -0.39 is 0 Å². The molecule has 2 heterocycles. The van der Waals surface area contributed by atoms with Gasteiger partial charge in [-0.15, -0.1) is 0 Å². The molecule has 2 aliphatic heterocycles. The van der Waals surface area contributed by atoms with Gasteiger partial charge in [-0.2, -0.15) is 0 Å². The maximum Gasteiger partial charge on any atom is 0.231 e. The van der Waals surface area contributed by atoms with E-state index in [1.54, 1.807) is 0 Å². The molecule has 0 saturated carbocycles. The molecule has 0 aromatic heterocycles. The third kappa shape index (κ3) is 1.12. The molecule has 0 fully saturated rings. The molecular formula is C11H13NO2. The summed E-state index contributed by atoms with van der Waals surface area (Å²) in [6, 6.07) is 4.70. The van der Waals surface area contributed by atoms with Crippen LogP contribution in [0.3, 0.4) is 0 Å². The van der Waals surface area contributed by atoms with E-state index in [4.69, 9.17) is 9.47 Å². The maximum atomic E-state index is 5.34. The lowest BCUT2D eigenvalue weighted by atomic mass is 9.98. The van der Waals surface area contributed by atoms with Gasteiger partial charge < -0.3 is 14.8 Å². The van der Waals surface area contributed by atoms with Crippen LogP contribution in [0, 0.1) is 0 Å². The molecule has 2 aliphatic rings. The topological polar surface area (TPSA) is 30.5 Å². The molecule has 1 atom stereocenters. The van der Waals surface area contributed by atoms with Gasteiger partial charge >= 0.3 is 0 Å². The van der Waals surface area contributed by atoms with E-state index in [0.717, 1.165) is 17.9 Å². The summed E-state index contributed by atoms with van der Waals surface area (Å²) < 4.78 is 10.7. The molecule has 1 aromatic carbocycles. The Kier molecular flexibility index (Phi) is 1.60. The molecule has 74 valence electrons. The first kappa shape index (κ1) is 7.97. The quantitative estimate of drug-likeness (QED) is 0.681. The van der Waals surface area contributed by atoms with Crippen molar-refractivity contribution in [3.05, 3.63) is 17.7 Å². The standard InChI is InChI=1S/C11H13NO2/c1-7-2-3-8-4-10-11(14-6-13-10)5-9(8)12-7/h4-5,7,12H,2-3,6H2,1H3. The third-order valence-electron chi connectivity index (χ3n) is 2.85. The van der Waals surface area contributed by atoms with E-state index in [-0.39, 0.29) is 0 Å². The van der Waals surface area contributed by atoms with Crippen LogP contribution in [0.4, 0.5) is 5.69 Å². The summed E-state index contributed by atoms with van der Waals surface area (Å²) in [6.07, 6.45) is 2.31. The second-order valence-electron chi connectivity index (χ2n) is 3.95. The molecular weight excluding hydrogens is 178 g/mol. The van der Waals surface area contributed by atoms with E-state index in [0.29, 0.717) is 12.8 Å². The summed E-state index contributed by atoms with van der Waals surface area (Å²) in [4.78, 5) is 0. The molecule has 1 unspecified atom stereocenters. The zero-order valence-electron chi connectivity index (χ0n) is 8.17. The fourth-order valence-electron chi connectivity index (χ4n) is 2.03. The van der Waals surface area contributed by atoms with Crippen LogP contribution in [-0.4, -0.2) is 12.8 Å². The van der Waals surface area contributed by atoms with Crippen molar-refractivity contribution in [3.63, 3.8) is 0 Å². The number of aryl methyl sites for hydroxylation is 1. The number of benzene rings is 1. The first-order chi connectivity index (χ1) is 6.83. The van der Waals surface area contributed by atoms with Crippen LogP contribution < -0.4 is 14.8 Å². The maximum absolute atomic E-state index is 5.34. The summed E-state index contributed by atoms with van der Waals surface area (Å²) in [5.74, 6) is 1.76. The van der Waals surface area contributed by atoms with Gasteiger partial charge in [-0.3, -0.25) is 0 Å². The van der Waals surface area contributed by atoms with E-state index in [1.807, 2.05) is 6.07 Å². The Morgan fingerprint density at radius 3 is 2.93 bits per heavy atom. The van der Waals surface area contributed by atoms with Crippen LogP contribution >= 0.6 is 0 Å². The largest absolute Gasteiger partial charge is 0.454 e. The Morgan fingerprint density at radius 2 is 2.07 bits per heavy atom. The minimum atomic E-state index is 0.355. The van der Waals surface area contributed by atoms with Crippen LogP contribution in [0.15, 0.2) is 12.1 Å². The van der Waals surface area contributed by atoms with Crippen molar-refractivity contribution in [2.24, 2.45) is 0 Å². The van der Waals surface area contributed by atoms with Gasteiger partial charge in [0, 0.05) is 17.8 Å². The van der Waals surface area contributed by atoms with Crippen LogP contribution in [-0.2, 0) is 6.42 Å². The number of rotatable bonds is 0. The van der Waals surface area contributed by atoms with Crippen LogP contribution in [0.1, 0.15) is 18.9 Å². The summed E-state index contributed by atoms with van der Waals surface area (Å²) in [5.41, 5.74) is 2.54. The Bertz CT molecular complexity index is 376. The van der Waals surface area contributed by atoms with Crippen molar-refractivity contribution in [1.29, 1.82) is 0 Å². The molecule has 3 rings (SSSR count). The Labute approximate surface area is 83.0 Å². The number of fused-ring (bicyclic) bond motifs is 2. The molecule has 0 aliphatic carbocycles.